The van der Waals surface area contributed by atoms with E-state index in [0.717, 1.165) is 5.33 Å². The van der Waals surface area contributed by atoms with Crippen LogP contribution in [0.25, 0.3) is 0 Å². The minimum atomic E-state index is -1.39. The van der Waals surface area contributed by atoms with Crippen molar-refractivity contribution in [2.24, 2.45) is 0 Å². The van der Waals surface area contributed by atoms with Crippen molar-refractivity contribution < 1.29 is 0 Å². The van der Waals surface area contributed by atoms with Crippen LogP contribution in [0.1, 0.15) is 42.4 Å². The molecular weight excluding hydrogens is 390 g/mol. The van der Waals surface area contributed by atoms with Crippen molar-refractivity contribution in [1.29, 1.82) is 0 Å². The first-order chi connectivity index (χ1) is 11.0. The molecule has 0 aliphatic heterocycles. The lowest BCUT2D eigenvalue weighted by Gasteiger charge is -2.47. The highest BCUT2D eigenvalue weighted by atomic mass is 79.9. The van der Waals surface area contributed by atoms with E-state index in [2.05, 4.69) is 85.4 Å². The van der Waals surface area contributed by atoms with Crippen molar-refractivity contribution >= 4 is 38.1 Å². The summed E-state index contributed by atoms with van der Waals surface area (Å²) in [5.74, 6) is 0. The van der Waals surface area contributed by atoms with Crippen molar-refractivity contribution in [3.05, 3.63) is 28.8 Å². The predicted molar refractivity (Wildman–Crippen MR) is 121 cm³/mol. The van der Waals surface area contributed by atoms with Gasteiger partial charge < -0.3 is 4.23 Å². The highest BCUT2D eigenvalue weighted by molar-refractivity contribution is 9.09. The number of hydrogen-bond acceptors (Lipinski definition) is 1. The minimum absolute atomic E-state index is 1.14. The van der Waals surface area contributed by atoms with Crippen LogP contribution >= 0.6 is 15.9 Å². The summed E-state index contributed by atoms with van der Waals surface area (Å²) in [7, 11) is -2.79. The molecule has 24 heavy (non-hydrogen) atoms. The Morgan fingerprint density at radius 2 is 1.25 bits per heavy atom. The van der Waals surface area contributed by atoms with Gasteiger partial charge in [0.15, 0.2) is 0 Å². The van der Waals surface area contributed by atoms with Gasteiger partial charge in [0.2, 0.25) is 0 Å². The van der Waals surface area contributed by atoms with Crippen LogP contribution < -0.4 is 4.23 Å². The van der Waals surface area contributed by atoms with E-state index in [4.69, 9.17) is 0 Å². The molecule has 0 bridgehead atoms. The normalized spacial score (nSPS) is 12.5. The third-order valence-corrected chi connectivity index (χ3v) is 12.2. The number of benzene rings is 1. The number of alkyl halides is 1. The summed E-state index contributed by atoms with van der Waals surface area (Å²) < 4.78 is 2.87. The van der Waals surface area contributed by atoms with Crippen molar-refractivity contribution in [3.63, 3.8) is 0 Å². The lowest BCUT2D eigenvalue weighted by molar-refractivity contribution is 0.671. The molecule has 1 aromatic carbocycles. The molecule has 0 radical (unpaired) electrons. The average molecular weight is 429 g/mol. The van der Waals surface area contributed by atoms with Gasteiger partial charge in [-0.15, -0.1) is 0 Å². The zero-order chi connectivity index (χ0) is 18.5. The molecule has 1 rings (SSSR count). The minimum Gasteiger partial charge on any atom is -0.424 e. The highest BCUT2D eigenvalue weighted by Crippen LogP contribution is 2.34. The summed E-state index contributed by atoms with van der Waals surface area (Å²) in [6.45, 7) is 19.6. The highest BCUT2D eigenvalue weighted by Gasteiger charge is 2.36. The summed E-state index contributed by atoms with van der Waals surface area (Å²) in [6.07, 6.45) is 6.54. The Labute approximate surface area is 161 Å². The zero-order valence-corrected chi connectivity index (χ0v) is 20.8. The summed E-state index contributed by atoms with van der Waals surface area (Å²) in [6, 6.07) is 4.92. The fourth-order valence-electron chi connectivity index (χ4n) is 4.00. The second-order valence-electron chi connectivity index (χ2n) is 9.11. The van der Waals surface area contributed by atoms with E-state index in [9.17, 15) is 0 Å². The Morgan fingerprint density at radius 3 is 1.67 bits per heavy atom. The third kappa shape index (κ3) is 6.34. The number of unbranched alkanes of at least 4 members (excludes halogenated alkanes) is 3. The predicted octanol–water partition coefficient (Wildman–Crippen LogP) is 7.28. The van der Waals surface area contributed by atoms with Gasteiger partial charge >= 0.3 is 0 Å². The van der Waals surface area contributed by atoms with Gasteiger partial charge in [-0.1, -0.05) is 80.2 Å². The topological polar surface area (TPSA) is 3.24 Å². The van der Waals surface area contributed by atoms with Crippen molar-refractivity contribution in [3.8, 4) is 0 Å². The summed E-state index contributed by atoms with van der Waals surface area (Å²) >= 11 is 3.52. The van der Waals surface area contributed by atoms with Crippen LogP contribution in [-0.4, -0.2) is 21.8 Å². The average Bonchev–Trinajstić information content (AvgIpc) is 2.39. The largest absolute Gasteiger partial charge is 0.424 e. The molecule has 0 heterocycles. The molecule has 0 atom stereocenters. The van der Waals surface area contributed by atoms with E-state index in [1.165, 1.54) is 54.5 Å². The standard InChI is InChI=1S/C20H38BrNSi2/c1-17-15-19(13-11-9-10-12-14-21)16-18(2)20(17)22(23(3,4)5)24(6,7)8/h15-16H,9-14H2,1-8H3. The van der Waals surface area contributed by atoms with E-state index in [0.29, 0.717) is 0 Å². The van der Waals surface area contributed by atoms with Gasteiger partial charge in [-0.05, 0) is 49.8 Å². The molecule has 0 aromatic heterocycles. The lowest BCUT2D eigenvalue weighted by Crippen LogP contribution is -2.60. The van der Waals surface area contributed by atoms with Crippen molar-refractivity contribution in [2.45, 2.75) is 85.2 Å². The van der Waals surface area contributed by atoms with Crippen LogP contribution in [0.3, 0.4) is 0 Å². The number of halogens is 1. The van der Waals surface area contributed by atoms with Crippen LogP contribution in [0.5, 0.6) is 0 Å². The fraction of sp³-hybridized carbons (Fsp3) is 0.700. The molecule has 138 valence electrons. The maximum atomic E-state index is 3.52. The van der Waals surface area contributed by atoms with Gasteiger partial charge in [0.05, 0.1) is 0 Å². The summed E-state index contributed by atoms with van der Waals surface area (Å²) in [5, 5.41) is 1.14. The Kier molecular flexibility index (Phi) is 8.28. The number of anilines is 1. The molecule has 0 spiro atoms. The van der Waals surface area contributed by atoms with Crippen LogP contribution in [0, 0.1) is 13.8 Å². The number of hydrogen-bond donors (Lipinski definition) is 0. The molecule has 0 saturated heterocycles. The molecular formula is C20H38BrNSi2. The van der Waals surface area contributed by atoms with Crippen LogP contribution in [0.15, 0.2) is 12.1 Å². The molecule has 0 fully saturated rings. The molecule has 0 aliphatic carbocycles. The van der Waals surface area contributed by atoms with Crippen molar-refractivity contribution in [2.75, 3.05) is 9.56 Å². The first kappa shape index (κ1) is 22.0. The van der Waals surface area contributed by atoms with Crippen molar-refractivity contribution in [1.82, 2.24) is 0 Å². The van der Waals surface area contributed by atoms with Gasteiger partial charge in [0.1, 0.15) is 16.5 Å². The molecule has 0 unspecified atom stereocenters. The number of rotatable bonds is 9. The smallest absolute Gasteiger partial charge is 0.138 e. The molecule has 1 nitrogen and oxygen atoms in total. The lowest BCUT2D eigenvalue weighted by atomic mass is 10.00. The molecule has 0 aliphatic rings. The SMILES string of the molecule is Cc1cc(CCCCCCBr)cc(C)c1N([Si](C)(C)C)[Si](C)(C)C. The van der Waals surface area contributed by atoms with E-state index in [1.54, 1.807) is 0 Å². The van der Waals surface area contributed by atoms with E-state index >= 15 is 0 Å². The molecule has 0 amide bonds. The Hall–Kier alpha value is -0.0662. The molecule has 1 aromatic rings. The molecule has 4 heteroatoms. The molecule has 0 N–H and O–H groups in total. The monoisotopic (exact) mass is 427 g/mol. The first-order valence-corrected chi connectivity index (χ1v) is 17.5. The molecule has 0 saturated carbocycles. The fourth-order valence-corrected chi connectivity index (χ4v) is 14.5. The maximum Gasteiger partial charge on any atom is 0.138 e. The van der Waals surface area contributed by atoms with Gasteiger partial charge in [0, 0.05) is 11.0 Å². The quantitative estimate of drug-likeness (QED) is 0.227. The second kappa shape index (κ2) is 9.04. The maximum absolute atomic E-state index is 3.52. The summed E-state index contributed by atoms with van der Waals surface area (Å²) in [4.78, 5) is 0. The van der Waals surface area contributed by atoms with E-state index < -0.39 is 16.5 Å². The van der Waals surface area contributed by atoms with Gasteiger partial charge in [0.25, 0.3) is 0 Å². The van der Waals surface area contributed by atoms with Crippen LogP contribution in [0.2, 0.25) is 39.3 Å². The first-order valence-electron chi connectivity index (χ1n) is 9.45. The summed E-state index contributed by atoms with van der Waals surface area (Å²) in [5.41, 5.74) is 6.03. The van der Waals surface area contributed by atoms with Crippen LogP contribution in [0.4, 0.5) is 5.69 Å². The Morgan fingerprint density at radius 1 is 0.792 bits per heavy atom. The van der Waals surface area contributed by atoms with E-state index in [1.807, 2.05) is 0 Å². The second-order valence-corrected chi connectivity index (χ2v) is 19.9. The zero-order valence-electron chi connectivity index (χ0n) is 17.2. The van der Waals surface area contributed by atoms with Gasteiger partial charge in [-0.3, -0.25) is 0 Å². The van der Waals surface area contributed by atoms with E-state index in [-0.39, 0.29) is 0 Å². The number of nitrogens with zero attached hydrogens (tertiary/aromatic N) is 1. The Balaban J connectivity index is 3.02. The van der Waals surface area contributed by atoms with Crippen LogP contribution in [-0.2, 0) is 6.42 Å². The van der Waals surface area contributed by atoms with Gasteiger partial charge in [-0.2, -0.15) is 0 Å². The van der Waals surface area contributed by atoms with Gasteiger partial charge in [-0.25, -0.2) is 0 Å². The number of aryl methyl sites for hydroxylation is 3. The Bertz CT molecular complexity index is 492. The third-order valence-electron chi connectivity index (χ3n) is 4.47.